The maximum absolute atomic E-state index is 11.3. The van der Waals surface area contributed by atoms with Crippen molar-refractivity contribution in [1.29, 1.82) is 0 Å². The highest BCUT2D eigenvalue weighted by atomic mass is 16.4. The van der Waals surface area contributed by atoms with Crippen LogP contribution in [0.15, 0.2) is 18.2 Å². The molecule has 0 aliphatic rings. The minimum atomic E-state index is -0.902. The molecule has 0 amide bonds. The topological polar surface area (TPSA) is 66.0 Å². The molecule has 0 saturated heterocycles. The second-order valence-electron chi connectivity index (χ2n) is 6.50. The van der Waals surface area contributed by atoms with Crippen LogP contribution in [0.3, 0.4) is 0 Å². The number of aromatic nitrogens is 2. The van der Waals surface area contributed by atoms with Gasteiger partial charge in [-0.2, -0.15) is 0 Å². The molecule has 102 valence electrons. The summed E-state index contributed by atoms with van der Waals surface area (Å²) >= 11 is 0. The molecule has 2 rings (SSSR count). The van der Waals surface area contributed by atoms with Crippen LogP contribution in [-0.4, -0.2) is 21.0 Å². The molecular weight excluding hydrogens is 240 g/mol. The maximum atomic E-state index is 11.3. The standard InChI is InChI=1S/C15H20N2O2/c1-14(2,3)12-16-10-7-6-9(8-11(10)17-12)15(4,5)13(18)19/h6-8H,1-5H3,(H,16,17)(H,18,19). The van der Waals surface area contributed by atoms with Crippen LogP contribution in [0.25, 0.3) is 11.0 Å². The van der Waals surface area contributed by atoms with E-state index in [-0.39, 0.29) is 5.41 Å². The van der Waals surface area contributed by atoms with Crippen molar-refractivity contribution in [3.8, 4) is 0 Å². The molecule has 0 saturated carbocycles. The fourth-order valence-electron chi connectivity index (χ4n) is 1.88. The van der Waals surface area contributed by atoms with Gasteiger partial charge in [0.2, 0.25) is 0 Å². The Labute approximate surface area is 112 Å². The maximum Gasteiger partial charge on any atom is 0.313 e. The Kier molecular flexibility index (Phi) is 2.92. The van der Waals surface area contributed by atoms with Gasteiger partial charge < -0.3 is 10.1 Å². The number of aliphatic carboxylic acids is 1. The number of hydrogen-bond acceptors (Lipinski definition) is 2. The summed E-state index contributed by atoms with van der Waals surface area (Å²) < 4.78 is 0. The first kappa shape index (κ1) is 13.6. The molecule has 4 heteroatoms. The van der Waals surface area contributed by atoms with Gasteiger partial charge in [0.15, 0.2) is 0 Å². The largest absolute Gasteiger partial charge is 0.481 e. The number of H-pyrrole nitrogens is 1. The van der Waals surface area contributed by atoms with Crippen molar-refractivity contribution in [1.82, 2.24) is 9.97 Å². The van der Waals surface area contributed by atoms with E-state index in [0.717, 1.165) is 22.4 Å². The number of carboxylic acids is 1. The average Bonchev–Trinajstić information content (AvgIpc) is 2.70. The summed E-state index contributed by atoms with van der Waals surface area (Å²) in [7, 11) is 0. The molecule has 0 spiro atoms. The smallest absolute Gasteiger partial charge is 0.313 e. The predicted molar refractivity (Wildman–Crippen MR) is 75.5 cm³/mol. The van der Waals surface area contributed by atoms with Crippen LogP contribution in [0, 0.1) is 0 Å². The lowest BCUT2D eigenvalue weighted by Crippen LogP contribution is -2.28. The zero-order chi connectivity index (χ0) is 14.4. The molecule has 19 heavy (non-hydrogen) atoms. The van der Waals surface area contributed by atoms with Crippen LogP contribution in [0.1, 0.15) is 46.0 Å². The summed E-state index contributed by atoms with van der Waals surface area (Å²) in [6.07, 6.45) is 0. The van der Waals surface area contributed by atoms with Gasteiger partial charge in [-0.1, -0.05) is 26.8 Å². The third-order valence-electron chi connectivity index (χ3n) is 3.45. The number of carboxylic acid groups (broad SMARTS) is 1. The molecule has 4 nitrogen and oxygen atoms in total. The third kappa shape index (κ3) is 2.35. The molecule has 0 atom stereocenters. The van der Waals surface area contributed by atoms with Crippen LogP contribution in [0.2, 0.25) is 0 Å². The summed E-state index contributed by atoms with van der Waals surface area (Å²) in [6, 6.07) is 5.59. The molecule has 2 N–H and O–H groups in total. The summed E-state index contributed by atoms with van der Waals surface area (Å²) in [5, 5.41) is 9.28. The van der Waals surface area contributed by atoms with Crippen LogP contribution in [-0.2, 0) is 15.6 Å². The van der Waals surface area contributed by atoms with Crippen molar-refractivity contribution in [2.24, 2.45) is 0 Å². The number of benzene rings is 1. The molecular formula is C15H20N2O2. The Morgan fingerprint density at radius 3 is 2.37 bits per heavy atom. The normalized spacial score (nSPS) is 12.9. The zero-order valence-corrected chi connectivity index (χ0v) is 12.0. The van der Waals surface area contributed by atoms with Gasteiger partial charge in [0, 0.05) is 5.41 Å². The van der Waals surface area contributed by atoms with Crippen LogP contribution >= 0.6 is 0 Å². The first-order valence-electron chi connectivity index (χ1n) is 6.36. The van der Waals surface area contributed by atoms with Gasteiger partial charge in [-0.05, 0) is 31.5 Å². The van der Waals surface area contributed by atoms with Gasteiger partial charge in [-0.3, -0.25) is 4.79 Å². The number of hydrogen-bond donors (Lipinski definition) is 2. The van der Waals surface area contributed by atoms with E-state index in [1.165, 1.54) is 0 Å². The predicted octanol–water partition coefficient (Wildman–Crippen LogP) is 3.22. The minimum absolute atomic E-state index is 0.0541. The van der Waals surface area contributed by atoms with E-state index < -0.39 is 11.4 Å². The van der Waals surface area contributed by atoms with Crippen LogP contribution in [0.5, 0.6) is 0 Å². The summed E-state index contributed by atoms with van der Waals surface area (Å²) in [4.78, 5) is 19.1. The van der Waals surface area contributed by atoms with Gasteiger partial charge in [0.25, 0.3) is 0 Å². The molecule has 0 radical (unpaired) electrons. The molecule has 0 unspecified atom stereocenters. The number of nitrogens with zero attached hydrogens (tertiary/aromatic N) is 1. The van der Waals surface area contributed by atoms with Gasteiger partial charge in [-0.25, -0.2) is 4.98 Å². The zero-order valence-electron chi connectivity index (χ0n) is 12.0. The molecule has 1 aromatic carbocycles. The molecule has 2 aromatic rings. The Hall–Kier alpha value is -1.84. The Morgan fingerprint density at radius 2 is 1.84 bits per heavy atom. The lowest BCUT2D eigenvalue weighted by molar-refractivity contribution is -0.142. The average molecular weight is 260 g/mol. The van der Waals surface area contributed by atoms with Crippen molar-refractivity contribution in [3.63, 3.8) is 0 Å². The van der Waals surface area contributed by atoms with Crippen molar-refractivity contribution in [2.45, 2.75) is 45.4 Å². The van der Waals surface area contributed by atoms with E-state index in [9.17, 15) is 9.90 Å². The molecule has 0 bridgehead atoms. The first-order chi connectivity index (χ1) is 8.62. The highest BCUT2D eigenvalue weighted by molar-refractivity contribution is 5.83. The highest BCUT2D eigenvalue weighted by Crippen LogP contribution is 2.28. The minimum Gasteiger partial charge on any atom is -0.481 e. The Balaban J connectivity index is 2.56. The van der Waals surface area contributed by atoms with Gasteiger partial charge in [0.1, 0.15) is 5.82 Å². The van der Waals surface area contributed by atoms with E-state index >= 15 is 0 Å². The monoisotopic (exact) mass is 260 g/mol. The van der Waals surface area contributed by atoms with Crippen LogP contribution in [0.4, 0.5) is 0 Å². The molecule has 0 aliphatic heterocycles. The third-order valence-corrected chi connectivity index (χ3v) is 3.45. The van der Waals surface area contributed by atoms with E-state index in [0.29, 0.717) is 0 Å². The number of carbonyl (C=O) groups is 1. The van der Waals surface area contributed by atoms with Crippen molar-refractivity contribution in [2.75, 3.05) is 0 Å². The van der Waals surface area contributed by atoms with Gasteiger partial charge >= 0.3 is 5.97 Å². The fourth-order valence-corrected chi connectivity index (χ4v) is 1.88. The summed E-state index contributed by atoms with van der Waals surface area (Å²) in [6.45, 7) is 9.68. The molecule has 0 aliphatic carbocycles. The summed E-state index contributed by atoms with van der Waals surface area (Å²) in [5.74, 6) is 0.0789. The van der Waals surface area contributed by atoms with E-state index in [1.807, 2.05) is 18.2 Å². The molecule has 1 aromatic heterocycles. The van der Waals surface area contributed by atoms with E-state index in [1.54, 1.807) is 13.8 Å². The Morgan fingerprint density at radius 1 is 1.21 bits per heavy atom. The number of aromatic amines is 1. The molecule has 0 fully saturated rings. The van der Waals surface area contributed by atoms with Crippen LogP contribution < -0.4 is 0 Å². The second kappa shape index (κ2) is 4.08. The van der Waals surface area contributed by atoms with Crippen molar-refractivity contribution >= 4 is 17.0 Å². The number of fused-ring (bicyclic) bond motifs is 1. The van der Waals surface area contributed by atoms with Crippen molar-refractivity contribution < 1.29 is 9.90 Å². The van der Waals surface area contributed by atoms with E-state index in [4.69, 9.17) is 0 Å². The fraction of sp³-hybridized carbons (Fsp3) is 0.467. The lowest BCUT2D eigenvalue weighted by Gasteiger charge is -2.19. The second-order valence-corrected chi connectivity index (χ2v) is 6.50. The number of rotatable bonds is 2. The highest BCUT2D eigenvalue weighted by Gasteiger charge is 2.30. The van der Waals surface area contributed by atoms with Gasteiger partial charge in [0.05, 0.1) is 16.4 Å². The lowest BCUT2D eigenvalue weighted by atomic mass is 9.85. The SMILES string of the molecule is CC(C)(C)c1nc2ccc(C(C)(C)C(=O)O)cc2[nH]1. The van der Waals surface area contributed by atoms with Gasteiger partial charge in [-0.15, -0.1) is 0 Å². The number of imidazole rings is 1. The first-order valence-corrected chi connectivity index (χ1v) is 6.36. The quantitative estimate of drug-likeness (QED) is 0.871. The molecule has 1 heterocycles. The Bertz CT molecular complexity index is 633. The van der Waals surface area contributed by atoms with E-state index in [2.05, 4.69) is 30.7 Å². The van der Waals surface area contributed by atoms with Crippen molar-refractivity contribution in [3.05, 3.63) is 29.6 Å². The summed E-state index contributed by atoms with van der Waals surface area (Å²) in [5.41, 5.74) is 1.58. The number of nitrogens with one attached hydrogen (secondary N) is 1.